The lowest BCUT2D eigenvalue weighted by atomic mass is 10.1. The maximum atomic E-state index is 12.0. The van der Waals surface area contributed by atoms with Gasteiger partial charge in [-0.1, -0.05) is 11.6 Å². The number of carbonyl (C=O) groups is 2. The molecule has 0 radical (unpaired) electrons. The van der Waals surface area contributed by atoms with Gasteiger partial charge < -0.3 is 10.1 Å². The summed E-state index contributed by atoms with van der Waals surface area (Å²) in [5.41, 5.74) is 1.53. The Balaban J connectivity index is 2.29. The standard InChI is InChI=1S/C13H14N4O3/c1-7-4-5-10(9(6-7)13(19)20-3)15-12(18)11-14-8(2)16-17-11/h4-6H,1-3H3,(H,15,18)(H,14,16,17). The minimum atomic E-state index is -0.518. The topological polar surface area (TPSA) is 97.0 Å². The number of anilines is 1. The second kappa shape index (κ2) is 5.52. The van der Waals surface area contributed by atoms with Crippen LogP contribution in [0, 0.1) is 13.8 Å². The summed E-state index contributed by atoms with van der Waals surface area (Å²) >= 11 is 0. The Morgan fingerprint density at radius 1 is 1.30 bits per heavy atom. The number of aromatic amines is 1. The zero-order valence-corrected chi connectivity index (χ0v) is 11.4. The maximum Gasteiger partial charge on any atom is 0.339 e. The van der Waals surface area contributed by atoms with E-state index in [0.717, 1.165) is 5.56 Å². The van der Waals surface area contributed by atoms with Crippen molar-refractivity contribution in [2.24, 2.45) is 0 Å². The summed E-state index contributed by atoms with van der Waals surface area (Å²) in [6.45, 7) is 3.53. The number of aryl methyl sites for hydroxylation is 2. The number of benzene rings is 1. The molecule has 7 nitrogen and oxygen atoms in total. The molecule has 2 N–H and O–H groups in total. The van der Waals surface area contributed by atoms with Crippen LogP contribution in [0.15, 0.2) is 18.2 Å². The van der Waals surface area contributed by atoms with Gasteiger partial charge in [0.2, 0.25) is 5.82 Å². The number of ether oxygens (including phenoxy) is 1. The van der Waals surface area contributed by atoms with E-state index in [-0.39, 0.29) is 11.4 Å². The fraction of sp³-hybridized carbons (Fsp3) is 0.231. The molecule has 1 aromatic heterocycles. The number of amides is 1. The van der Waals surface area contributed by atoms with Gasteiger partial charge in [-0.25, -0.2) is 9.78 Å². The third kappa shape index (κ3) is 2.82. The smallest absolute Gasteiger partial charge is 0.339 e. The molecule has 0 saturated carbocycles. The molecular weight excluding hydrogens is 260 g/mol. The zero-order valence-electron chi connectivity index (χ0n) is 11.4. The van der Waals surface area contributed by atoms with Gasteiger partial charge in [-0.2, -0.15) is 0 Å². The van der Waals surface area contributed by atoms with Gasteiger partial charge >= 0.3 is 5.97 Å². The van der Waals surface area contributed by atoms with Gasteiger partial charge in [0.25, 0.3) is 5.91 Å². The van der Waals surface area contributed by atoms with Crippen LogP contribution < -0.4 is 5.32 Å². The molecule has 0 spiro atoms. The van der Waals surface area contributed by atoms with E-state index in [1.165, 1.54) is 7.11 Å². The van der Waals surface area contributed by atoms with Crippen molar-refractivity contribution >= 4 is 17.6 Å². The van der Waals surface area contributed by atoms with Crippen molar-refractivity contribution < 1.29 is 14.3 Å². The first-order chi connectivity index (χ1) is 9.51. The molecule has 1 heterocycles. The Kier molecular flexibility index (Phi) is 3.79. The van der Waals surface area contributed by atoms with Gasteiger partial charge in [-0.3, -0.25) is 9.89 Å². The summed E-state index contributed by atoms with van der Waals surface area (Å²) in [7, 11) is 1.29. The molecule has 0 aliphatic carbocycles. The van der Waals surface area contributed by atoms with Crippen molar-refractivity contribution in [1.29, 1.82) is 0 Å². The molecule has 20 heavy (non-hydrogen) atoms. The lowest BCUT2D eigenvalue weighted by Crippen LogP contribution is -2.17. The van der Waals surface area contributed by atoms with Crippen LogP contribution in [0.1, 0.15) is 32.4 Å². The van der Waals surface area contributed by atoms with Crippen molar-refractivity contribution in [3.8, 4) is 0 Å². The molecule has 0 atom stereocenters. The molecule has 0 aliphatic rings. The second-order valence-corrected chi connectivity index (χ2v) is 4.24. The van der Waals surface area contributed by atoms with Crippen LogP contribution in [0.4, 0.5) is 5.69 Å². The number of H-pyrrole nitrogens is 1. The summed E-state index contributed by atoms with van der Waals surface area (Å²) in [5, 5.41) is 8.94. The summed E-state index contributed by atoms with van der Waals surface area (Å²) in [6.07, 6.45) is 0. The van der Waals surface area contributed by atoms with E-state index in [2.05, 4.69) is 20.5 Å². The molecule has 1 aromatic carbocycles. The molecule has 2 rings (SSSR count). The average Bonchev–Trinajstić information content (AvgIpc) is 2.86. The van der Waals surface area contributed by atoms with Crippen molar-refractivity contribution in [2.75, 3.05) is 12.4 Å². The van der Waals surface area contributed by atoms with Crippen molar-refractivity contribution in [3.05, 3.63) is 41.0 Å². The SMILES string of the molecule is COC(=O)c1cc(C)ccc1NC(=O)c1n[nH]c(C)n1. The Labute approximate surface area is 115 Å². The number of nitrogens with zero attached hydrogens (tertiary/aromatic N) is 2. The number of esters is 1. The van der Waals surface area contributed by atoms with E-state index in [0.29, 0.717) is 11.5 Å². The first-order valence-corrected chi connectivity index (χ1v) is 5.90. The lowest BCUT2D eigenvalue weighted by Gasteiger charge is -2.09. The fourth-order valence-corrected chi connectivity index (χ4v) is 1.67. The van der Waals surface area contributed by atoms with Crippen molar-refractivity contribution in [3.63, 3.8) is 0 Å². The molecule has 0 unspecified atom stereocenters. The van der Waals surface area contributed by atoms with E-state index in [1.54, 1.807) is 25.1 Å². The summed E-state index contributed by atoms with van der Waals surface area (Å²) < 4.78 is 4.70. The van der Waals surface area contributed by atoms with Gasteiger partial charge in [0.05, 0.1) is 18.4 Å². The van der Waals surface area contributed by atoms with Crippen LogP contribution in [0.25, 0.3) is 0 Å². The number of nitrogens with one attached hydrogen (secondary N) is 2. The van der Waals surface area contributed by atoms with Crippen LogP contribution in [-0.2, 0) is 4.74 Å². The number of carbonyl (C=O) groups excluding carboxylic acids is 2. The fourth-order valence-electron chi connectivity index (χ4n) is 1.67. The minimum absolute atomic E-state index is 0.0129. The largest absolute Gasteiger partial charge is 0.465 e. The van der Waals surface area contributed by atoms with Crippen LogP contribution in [-0.4, -0.2) is 34.2 Å². The highest BCUT2D eigenvalue weighted by atomic mass is 16.5. The molecular formula is C13H14N4O3. The molecule has 0 aliphatic heterocycles. The summed E-state index contributed by atoms with van der Waals surface area (Å²) in [5.74, 6) is -0.468. The molecule has 2 aromatic rings. The second-order valence-electron chi connectivity index (χ2n) is 4.24. The molecule has 7 heteroatoms. The normalized spacial score (nSPS) is 10.2. The first-order valence-electron chi connectivity index (χ1n) is 5.90. The minimum Gasteiger partial charge on any atom is -0.465 e. The van der Waals surface area contributed by atoms with Gasteiger partial charge in [0, 0.05) is 0 Å². The molecule has 0 bridgehead atoms. The number of hydrogen-bond donors (Lipinski definition) is 2. The number of methoxy groups -OCH3 is 1. The monoisotopic (exact) mass is 274 g/mol. The highest BCUT2D eigenvalue weighted by Crippen LogP contribution is 2.19. The van der Waals surface area contributed by atoms with Crippen LogP contribution in [0.3, 0.4) is 0 Å². The predicted molar refractivity (Wildman–Crippen MR) is 71.6 cm³/mol. The number of hydrogen-bond acceptors (Lipinski definition) is 5. The predicted octanol–water partition coefficient (Wildman–Crippen LogP) is 1.46. The first kappa shape index (κ1) is 13.7. The number of aromatic nitrogens is 3. The van der Waals surface area contributed by atoms with Gasteiger partial charge in [0.15, 0.2) is 0 Å². The van der Waals surface area contributed by atoms with E-state index < -0.39 is 11.9 Å². The van der Waals surface area contributed by atoms with Gasteiger partial charge in [0.1, 0.15) is 5.82 Å². The average molecular weight is 274 g/mol. The third-order valence-electron chi connectivity index (χ3n) is 2.63. The number of rotatable bonds is 3. The Hall–Kier alpha value is -2.70. The van der Waals surface area contributed by atoms with Gasteiger partial charge in [-0.05, 0) is 26.0 Å². The van der Waals surface area contributed by atoms with Crippen molar-refractivity contribution in [1.82, 2.24) is 15.2 Å². The quantitative estimate of drug-likeness (QED) is 0.826. The summed E-state index contributed by atoms with van der Waals surface area (Å²) in [4.78, 5) is 27.6. The van der Waals surface area contributed by atoms with Crippen LogP contribution in [0.5, 0.6) is 0 Å². The highest BCUT2D eigenvalue weighted by molar-refractivity contribution is 6.06. The Bertz CT molecular complexity index is 663. The van der Waals surface area contributed by atoms with E-state index in [4.69, 9.17) is 4.74 Å². The Morgan fingerprint density at radius 2 is 2.05 bits per heavy atom. The molecule has 104 valence electrons. The zero-order chi connectivity index (χ0) is 14.7. The van der Waals surface area contributed by atoms with Crippen molar-refractivity contribution in [2.45, 2.75) is 13.8 Å². The van der Waals surface area contributed by atoms with E-state index in [9.17, 15) is 9.59 Å². The highest BCUT2D eigenvalue weighted by Gasteiger charge is 2.17. The molecule has 0 fully saturated rings. The van der Waals surface area contributed by atoms with E-state index >= 15 is 0 Å². The molecule has 1 amide bonds. The molecule has 0 saturated heterocycles. The third-order valence-corrected chi connectivity index (χ3v) is 2.63. The van der Waals surface area contributed by atoms with Crippen LogP contribution >= 0.6 is 0 Å². The van der Waals surface area contributed by atoms with Gasteiger partial charge in [-0.15, -0.1) is 5.10 Å². The summed E-state index contributed by atoms with van der Waals surface area (Å²) in [6, 6.07) is 5.06. The maximum absolute atomic E-state index is 12.0. The Morgan fingerprint density at radius 3 is 2.65 bits per heavy atom. The lowest BCUT2D eigenvalue weighted by molar-refractivity contribution is 0.0602. The van der Waals surface area contributed by atoms with E-state index in [1.807, 2.05) is 6.92 Å². The van der Waals surface area contributed by atoms with Crippen LogP contribution in [0.2, 0.25) is 0 Å².